The number of carbonyl (C=O) groups excluding carboxylic acids is 6. The monoisotopic (exact) mass is 2000 g/mol. The number of amides is 2. The van der Waals surface area contributed by atoms with Gasteiger partial charge in [-0.25, -0.2) is 44.8 Å². The van der Waals surface area contributed by atoms with Crippen LogP contribution in [0.25, 0.3) is 32.3 Å². The van der Waals surface area contributed by atoms with Crippen molar-refractivity contribution in [3.8, 4) is 17.2 Å². The van der Waals surface area contributed by atoms with Gasteiger partial charge < -0.3 is 77.4 Å². The quantitative estimate of drug-likeness (QED) is 0.00840. The van der Waals surface area contributed by atoms with Crippen LogP contribution in [0, 0.1) is 0 Å². The summed E-state index contributed by atoms with van der Waals surface area (Å²) in [7, 11) is -14.0. The van der Waals surface area contributed by atoms with Crippen LogP contribution >= 0.6 is 55.1 Å². The van der Waals surface area contributed by atoms with Gasteiger partial charge in [-0.3, -0.25) is 56.7 Å². The van der Waals surface area contributed by atoms with Crippen molar-refractivity contribution >= 4 is 123 Å². The molecule has 129 heavy (non-hydrogen) atoms. The van der Waals surface area contributed by atoms with Gasteiger partial charge in [0.2, 0.25) is 6.10 Å². The number of fused-ring (bicyclic) bond motifs is 3. The first kappa shape index (κ1) is 101. The summed E-state index contributed by atoms with van der Waals surface area (Å²) < 4.78 is 210. The summed E-state index contributed by atoms with van der Waals surface area (Å²) in [4.78, 5) is 101. The zero-order chi connectivity index (χ0) is 95.2. The van der Waals surface area contributed by atoms with Gasteiger partial charge in [0, 0.05) is 41.9 Å². The van der Waals surface area contributed by atoms with E-state index >= 15 is 26.3 Å². The number of carbonyl (C=O) groups is 6. The summed E-state index contributed by atoms with van der Waals surface area (Å²) in [5.74, 6) is -14.5. The van der Waals surface area contributed by atoms with Crippen molar-refractivity contribution in [3.05, 3.63) is 207 Å². The van der Waals surface area contributed by atoms with Crippen LogP contribution in [0.15, 0.2) is 195 Å². The molecule has 5 aliphatic heterocycles. The molecule has 3 saturated heterocycles. The van der Waals surface area contributed by atoms with E-state index < -0.39 is 198 Å². The Labute approximate surface area is 751 Å². The van der Waals surface area contributed by atoms with Gasteiger partial charge in [-0.2, -0.15) is 15.3 Å². The third-order valence-corrected chi connectivity index (χ3v) is 25.7. The molecule has 18 atom stereocenters. The van der Waals surface area contributed by atoms with Crippen LogP contribution in [0.1, 0.15) is 103 Å². The molecule has 6 heterocycles. The fraction of sp³-hybridized carbons (Fsp3) is 0.422. The van der Waals surface area contributed by atoms with Crippen molar-refractivity contribution in [1.29, 1.82) is 0 Å². The first-order valence-electron chi connectivity index (χ1n) is 39.8. The van der Waals surface area contributed by atoms with E-state index in [-0.39, 0.29) is 44.3 Å². The maximum atomic E-state index is 16.8. The minimum absolute atomic E-state index is 0.0313. The normalized spacial score (nSPS) is 27.1. The zero-order valence-electron chi connectivity index (χ0n) is 71.5. The molecule has 35 nitrogen and oxygen atoms in total. The second-order valence-electron chi connectivity index (χ2n) is 31.4. The van der Waals surface area contributed by atoms with Crippen LogP contribution in [0.4, 0.5) is 26.3 Å². The lowest BCUT2D eigenvalue weighted by Crippen LogP contribution is -2.53. The Morgan fingerprint density at radius 2 is 0.946 bits per heavy atom. The van der Waals surface area contributed by atoms with Crippen LogP contribution in [-0.4, -0.2) is 187 Å². The van der Waals surface area contributed by atoms with Crippen molar-refractivity contribution in [1.82, 2.24) is 45.2 Å². The molecule has 6 aromatic carbocycles. The number of rotatable bonds is 32. The average molecular weight is 2000 g/mol. The highest BCUT2D eigenvalue weighted by Gasteiger charge is 2.70. The minimum atomic E-state index is -4.71. The van der Waals surface area contributed by atoms with Crippen molar-refractivity contribution < 1.29 is 139 Å². The second-order valence-corrected chi connectivity index (χ2v) is 38.2. The van der Waals surface area contributed by atoms with E-state index in [0.29, 0.717) is 20.7 Å². The predicted molar refractivity (Wildman–Crippen MR) is 461 cm³/mol. The van der Waals surface area contributed by atoms with Crippen molar-refractivity contribution in [2.24, 2.45) is 0 Å². The summed E-state index contributed by atoms with van der Waals surface area (Å²) in [5, 5.41) is 37.4. The number of hydrogen-bond donors (Lipinski definition) is 8. The van der Waals surface area contributed by atoms with E-state index in [1.165, 1.54) is 45.9 Å². The molecule has 7 aromatic rings. The Morgan fingerprint density at radius 3 is 1.42 bits per heavy atom. The van der Waals surface area contributed by atoms with Crippen molar-refractivity contribution in [3.63, 3.8) is 0 Å². The molecule has 6 unspecified atom stereocenters. The number of alkyl halides is 6. The number of esters is 4. The Morgan fingerprint density at radius 1 is 0.535 bits per heavy atom. The number of H-pyrrole nitrogens is 1. The highest BCUT2D eigenvalue weighted by atomic mass is 79.9. The number of aliphatic hydroxyl groups is 2. The average Bonchev–Trinajstić information content (AvgIpc) is 1.59. The smallest absolute Gasteiger partial charge is 0.459 e. The van der Waals surface area contributed by atoms with Gasteiger partial charge in [-0.05, 0) is 161 Å². The molecule has 0 aliphatic carbocycles. The summed E-state index contributed by atoms with van der Waals surface area (Å²) in [6.07, 6.45) is -10.5. The Balaban J connectivity index is 0.000000201. The summed E-state index contributed by atoms with van der Waals surface area (Å²) >= 11 is 5.91. The number of nitrogens with zero attached hydrogens (tertiary/aromatic N) is 3. The molecule has 46 heteroatoms. The second kappa shape index (κ2) is 40.6. The van der Waals surface area contributed by atoms with Crippen LogP contribution in [0.5, 0.6) is 17.2 Å². The van der Waals surface area contributed by atoms with E-state index in [1.54, 1.807) is 139 Å². The van der Waals surface area contributed by atoms with Crippen LogP contribution in [0.2, 0.25) is 0 Å². The summed E-state index contributed by atoms with van der Waals surface area (Å²) in [6.45, 7) is 21.1. The van der Waals surface area contributed by atoms with Gasteiger partial charge >= 0.3 is 52.8 Å². The molecule has 3 fully saturated rings. The van der Waals surface area contributed by atoms with Gasteiger partial charge in [-0.15, -0.1) is 0 Å². The van der Waals surface area contributed by atoms with E-state index in [1.807, 2.05) is 17.1 Å². The topological polar surface area (TPSA) is 436 Å². The zero-order valence-corrected chi connectivity index (χ0v) is 77.4. The molecule has 8 N–H and O–H groups in total. The molecule has 12 rings (SSSR count). The van der Waals surface area contributed by atoms with Gasteiger partial charge in [0.15, 0.2) is 47.9 Å². The number of ether oxygens (including phenoxy) is 7. The molecule has 5 aliphatic rings. The summed E-state index contributed by atoms with van der Waals surface area (Å²) in [5.41, 5.74) is -10.5. The predicted octanol–water partition coefficient (Wildman–Crippen LogP) is 13.2. The molecular formula is C83H96Br2F6N9O26P3. The van der Waals surface area contributed by atoms with E-state index in [9.17, 15) is 62.3 Å². The third kappa shape index (κ3) is 23.8. The number of halogens is 8. The number of nitrogens with one attached hydrogen (secondary N) is 6. The lowest BCUT2D eigenvalue weighted by molar-refractivity contribution is -0.216. The molecule has 0 radical (unpaired) electrons. The number of aromatic nitrogens is 2. The highest BCUT2D eigenvalue weighted by Crippen LogP contribution is 2.56. The molecule has 1 aromatic heterocycles. The van der Waals surface area contributed by atoms with Crippen molar-refractivity contribution in [2.45, 2.75) is 204 Å². The van der Waals surface area contributed by atoms with Gasteiger partial charge in [0.25, 0.3) is 34.9 Å². The van der Waals surface area contributed by atoms with E-state index in [4.69, 9.17) is 60.3 Å². The molecule has 0 saturated carbocycles. The van der Waals surface area contributed by atoms with Crippen LogP contribution < -0.4 is 50.7 Å². The molecule has 0 spiro atoms. The number of benzene rings is 6. The standard InChI is InChI=1S/C30H36F2N3O9P.C27H31BrF2N3O8P.C26H29BrF2N3O9P/c1-7-25(37)42-27-29(6,31)28(35-16-15-24(36)33-20(35)5)43-30(27,32)17-40-45(39,34-19(4)26(38)41-18(2)3)44-23-14-10-12-21-11-8-9-13-22(21)23;1-15(2)39-23(35)16(3)32-42(37,41-20-11-10-18-8-6-7-9-19(18)12-20)38-14-27(30)24(36)26(5,29)25(40-27)33-13-21(28)22(34)31-17(33)4;1-14(2)39-21(34)15(3)31-42(37,41-19-11-7-9-16-8-5-6-10-17(16)19)38-13-26(29)22(35)25(4,28)23(40-26)32-12-18(27)20(33)30-24(32)36/h8-16,18-19,27-28H,5,7,17H2,1-4,6H3,(H,33,36)(H,34,39);6-13,15-16,24-25,36H,4,14H2,1-3,5H3,(H,31,34)(H,32,37);5-12,14-15,22-23,35H,13H2,1-4H3,(H,31,37)(H,30,33,36)/t19?,27-,28+,29+,30+,45?;16?,24-,25+,26+,27+,42?;15?,22-,23+,25+,26+,42?/m000/s1. The van der Waals surface area contributed by atoms with Crippen molar-refractivity contribution in [2.75, 3.05) is 19.8 Å². The summed E-state index contributed by atoms with van der Waals surface area (Å²) in [6, 6.07) is 31.9. The molecule has 700 valence electrons. The van der Waals surface area contributed by atoms with Gasteiger partial charge in [-0.1, -0.05) is 123 Å². The first-order valence-corrected chi connectivity index (χ1v) is 46.0. The first-order chi connectivity index (χ1) is 60.2. The Hall–Kier alpha value is -9.65. The number of hydrogen-bond acceptors (Lipinski definition) is 28. The lowest BCUT2D eigenvalue weighted by Gasteiger charge is -2.36. The van der Waals surface area contributed by atoms with Crippen LogP contribution in [0.3, 0.4) is 0 Å². The fourth-order valence-corrected chi connectivity index (χ4v) is 18.6. The van der Waals surface area contributed by atoms with Crippen LogP contribution in [-0.2, 0) is 89.2 Å². The molecule has 0 bridgehead atoms. The maximum absolute atomic E-state index is 16.8. The van der Waals surface area contributed by atoms with E-state index in [2.05, 4.69) is 70.9 Å². The Bertz CT molecular complexity index is 5750. The third-order valence-electron chi connectivity index (χ3n) is 19.7. The van der Waals surface area contributed by atoms with Gasteiger partial charge in [0.1, 0.15) is 66.8 Å². The molecule has 2 amide bonds. The van der Waals surface area contributed by atoms with E-state index in [0.717, 1.165) is 71.4 Å². The number of aromatic amines is 1. The fourth-order valence-electron chi connectivity index (χ4n) is 13.4. The lowest BCUT2D eigenvalue weighted by atomic mass is 9.96. The molecular weight excluding hydrogens is 1910 g/mol. The number of aliphatic hydroxyl groups excluding tert-OH is 2. The SMILES string of the molecule is C=C1NC(=O)C(Br)=CN1[C@@H]1O[C@](F)(COP(=O)(NC(C)C(=O)OC(C)C)Oc2ccc3ccccc3c2)[C@@H](O)[C@@]1(C)F.C=C1NC(=O)C=CN1[C@@H]1O[C@](F)(COP(=O)(NC(C)C(=O)OC(C)C)Oc2cccc3ccccc23)[C@@H](OC(=O)CC)[C@@]1(C)F.CC(C)OC(=O)C(C)NP(=O)(OC[C@@]1(F)O[C@@H](n2cc(Br)c(=O)[nH]c2=O)[C@](C)(F)[C@@H]1O)Oc1cccc2ccccc12. The minimum Gasteiger partial charge on any atom is -0.462 e. The maximum Gasteiger partial charge on any atom is 0.459 e. The van der Waals surface area contributed by atoms with Gasteiger partial charge in [0.05, 0.1) is 27.3 Å². The largest absolute Gasteiger partial charge is 0.462 e. The Kier molecular flexibility index (Phi) is 31.9. The highest BCUT2D eigenvalue weighted by molar-refractivity contribution is 9.12.